The van der Waals surface area contributed by atoms with Crippen molar-refractivity contribution in [1.29, 1.82) is 0 Å². The van der Waals surface area contributed by atoms with Crippen LogP contribution in [0.5, 0.6) is 0 Å². The van der Waals surface area contributed by atoms with Crippen LogP contribution in [0.1, 0.15) is 25.7 Å². The van der Waals surface area contributed by atoms with Gasteiger partial charge in [0.05, 0.1) is 18.2 Å². The van der Waals surface area contributed by atoms with Crippen molar-refractivity contribution in [2.75, 3.05) is 44.3 Å². The highest BCUT2D eigenvalue weighted by atomic mass is 35.5. The smallest absolute Gasteiger partial charge is 0.225 e. The minimum Gasteiger partial charge on any atom is -0.355 e. The Kier molecular flexibility index (Phi) is 5.63. The molecule has 1 amide bonds. The van der Waals surface area contributed by atoms with E-state index in [2.05, 4.69) is 15.1 Å². The summed E-state index contributed by atoms with van der Waals surface area (Å²) in [5, 5.41) is 14.0. The van der Waals surface area contributed by atoms with Crippen LogP contribution in [-0.4, -0.2) is 75.8 Å². The molecule has 6 rings (SSSR count). The second-order valence-electron chi connectivity index (χ2n) is 9.16. The molecule has 0 radical (unpaired) electrons. The lowest BCUT2D eigenvalue weighted by atomic mass is 9.93. The number of rotatable bonds is 3. The Morgan fingerprint density at radius 3 is 2.44 bits per heavy atom. The summed E-state index contributed by atoms with van der Waals surface area (Å²) in [6.07, 6.45) is 3.14. The predicted octanol–water partition coefficient (Wildman–Crippen LogP) is 3.03. The zero-order valence-corrected chi connectivity index (χ0v) is 19.7. The van der Waals surface area contributed by atoms with E-state index in [1.807, 2.05) is 41.3 Å². The Morgan fingerprint density at radius 1 is 0.971 bits per heavy atom. The molecule has 0 bridgehead atoms. The van der Waals surface area contributed by atoms with Gasteiger partial charge in [0.15, 0.2) is 17.3 Å². The molecule has 0 aliphatic carbocycles. The molecule has 3 aliphatic heterocycles. The van der Waals surface area contributed by atoms with Crippen LogP contribution in [-0.2, 0) is 14.3 Å². The maximum atomic E-state index is 13.2. The molecule has 0 atom stereocenters. The van der Waals surface area contributed by atoms with Crippen LogP contribution >= 0.6 is 11.6 Å². The molecule has 5 heterocycles. The highest BCUT2D eigenvalue weighted by Crippen LogP contribution is 2.33. The van der Waals surface area contributed by atoms with Crippen LogP contribution in [0.25, 0.3) is 17.0 Å². The fourth-order valence-electron chi connectivity index (χ4n) is 5.23. The summed E-state index contributed by atoms with van der Waals surface area (Å²) < 4.78 is 13.3. The second kappa shape index (κ2) is 8.79. The fourth-order valence-corrected chi connectivity index (χ4v) is 5.45. The number of anilines is 1. The monoisotopic (exact) mass is 482 g/mol. The Labute approximate surface area is 202 Å². The van der Waals surface area contributed by atoms with Gasteiger partial charge in [0.2, 0.25) is 5.91 Å². The van der Waals surface area contributed by atoms with Crippen molar-refractivity contribution in [3.63, 3.8) is 0 Å². The third kappa shape index (κ3) is 3.91. The van der Waals surface area contributed by atoms with E-state index < -0.39 is 5.79 Å². The Hall–Kier alpha value is -2.75. The molecule has 10 heteroatoms. The number of carbonyl (C=O) groups excluding carboxylic acids is 1. The minimum atomic E-state index is -0.449. The molecule has 34 heavy (non-hydrogen) atoms. The number of likely N-dealkylation sites (tertiary alicyclic amines) is 1. The van der Waals surface area contributed by atoms with Gasteiger partial charge in [-0.2, -0.15) is 4.52 Å². The number of aromatic nitrogens is 4. The zero-order chi connectivity index (χ0) is 23.1. The maximum absolute atomic E-state index is 13.2. The average Bonchev–Trinajstić information content (AvgIpc) is 3.51. The van der Waals surface area contributed by atoms with E-state index in [1.54, 1.807) is 4.52 Å². The molecule has 0 saturated carbocycles. The van der Waals surface area contributed by atoms with Gasteiger partial charge in [-0.3, -0.25) is 4.79 Å². The van der Waals surface area contributed by atoms with Gasteiger partial charge < -0.3 is 19.3 Å². The molecule has 0 unspecified atom stereocenters. The molecule has 1 spiro atoms. The van der Waals surface area contributed by atoms with Crippen LogP contribution in [0.15, 0.2) is 36.4 Å². The highest BCUT2D eigenvalue weighted by Gasteiger charge is 2.42. The number of hydrogen-bond acceptors (Lipinski definition) is 7. The SMILES string of the molecule is O=C(C1CCN(c2ccc3nnc(-c4ccccc4Cl)n3n2)CC1)N1CCC2(CC1)OCCO2. The lowest BCUT2D eigenvalue weighted by Gasteiger charge is -2.40. The van der Waals surface area contributed by atoms with Crippen molar-refractivity contribution in [2.24, 2.45) is 5.92 Å². The number of amides is 1. The van der Waals surface area contributed by atoms with E-state index in [0.29, 0.717) is 42.8 Å². The maximum Gasteiger partial charge on any atom is 0.225 e. The van der Waals surface area contributed by atoms with Crippen molar-refractivity contribution in [3.05, 3.63) is 41.4 Å². The number of ether oxygens (including phenoxy) is 2. The van der Waals surface area contributed by atoms with E-state index in [4.69, 9.17) is 26.2 Å². The van der Waals surface area contributed by atoms with Gasteiger partial charge >= 0.3 is 0 Å². The molecule has 3 aromatic rings. The third-order valence-electron chi connectivity index (χ3n) is 7.18. The first kappa shape index (κ1) is 21.8. The lowest BCUT2D eigenvalue weighted by Crippen LogP contribution is -2.50. The summed E-state index contributed by atoms with van der Waals surface area (Å²) >= 11 is 6.38. The summed E-state index contributed by atoms with van der Waals surface area (Å²) in [5.74, 6) is 1.33. The van der Waals surface area contributed by atoms with Crippen LogP contribution in [0.4, 0.5) is 5.82 Å². The Bertz CT molecular complexity index is 1190. The molecule has 3 aliphatic rings. The quantitative estimate of drug-likeness (QED) is 0.567. The summed E-state index contributed by atoms with van der Waals surface area (Å²) in [6, 6.07) is 11.4. The largest absolute Gasteiger partial charge is 0.355 e. The van der Waals surface area contributed by atoms with Crippen molar-refractivity contribution < 1.29 is 14.3 Å². The normalized spacial score (nSPS) is 21.0. The number of benzene rings is 1. The van der Waals surface area contributed by atoms with E-state index in [-0.39, 0.29) is 11.8 Å². The number of fused-ring (bicyclic) bond motifs is 1. The van der Waals surface area contributed by atoms with E-state index >= 15 is 0 Å². The first-order valence-electron chi connectivity index (χ1n) is 11.9. The molecule has 9 nitrogen and oxygen atoms in total. The molecule has 3 fully saturated rings. The van der Waals surface area contributed by atoms with Crippen molar-refractivity contribution in [2.45, 2.75) is 31.5 Å². The van der Waals surface area contributed by atoms with Crippen molar-refractivity contribution in [1.82, 2.24) is 24.7 Å². The number of piperidine rings is 2. The van der Waals surface area contributed by atoms with Crippen molar-refractivity contribution >= 4 is 29.0 Å². The molecule has 2 aromatic heterocycles. The summed E-state index contributed by atoms with van der Waals surface area (Å²) in [7, 11) is 0. The van der Waals surface area contributed by atoms with Gasteiger partial charge in [-0.05, 0) is 37.1 Å². The zero-order valence-electron chi connectivity index (χ0n) is 18.9. The van der Waals surface area contributed by atoms with E-state index in [1.165, 1.54) is 0 Å². The van der Waals surface area contributed by atoms with Crippen LogP contribution in [0.2, 0.25) is 5.02 Å². The van der Waals surface area contributed by atoms with Crippen LogP contribution in [0, 0.1) is 5.92 Å². The summed E-state index contributed by atoms with van der Waals surface area (Å²) in [4.78, 5) is 17.4. The molecule has 0 N–H and O–H groups in total. The van der Waals surface area contributed by atoms with Gasteiger partial charge in [-0.25, -0.2) is 0 Å². The van der Waals surface area contributed by atoms with Gasteiger partial charge in [0, 0.05) is 50.5 Å². The van der Waals surface area contributed by atoms with Gasteiger partial charge in [0.25, 0.3) is 0 Å². The first-order valence-corrected chi connectivity index (χ1v) is 12.3. The number of nitrogens with zero attached hydrogens (tertiary/aromatic N) is 6. The van der Waals surface area contributed by atoms with Gasteiger partial charge in [-0.1, -0.05) is 23.7 Å². The van der Waals surface area contributed by atoms with Crippen molar-refractivity contribution in [3.8, 4) is 11.4 Å². The van der Waals surface area contributed by atoms with E-state index in [9.17, 15) is 4.79 Å². The number of halogens is 1. The molecule has 3 saturated heterocycles. The second-order valence-corrected chi connectivity index (χ2v) is 9.57. The average molecular weight is 483 g/mol. The lowest BCUT2D eigenvalue weighted by molar-refractivity contribution is -0.188. The molecular weight excluding hydrogens is 456 g/mol. The highest BCUT2D eigenvalue weighted by molar-refractivity contribution is 6.33. The van der Waals surface area contributed by atoms with Crippen LogP contribution in [0.3, 0.4) is 0 Å². The number of hydrogen-bond donors (Lipinski definition) is 0. The molecule has 1 aromatic carbocycles. The number of carbonyl (C=O) groups is 1. The predicted molar refractivity (Wildman–Crippen MR) is 127 cm³/mol. The standard InChI is InChI=1S/C24H27ClN6O3/c25-19-4-2-1-3-18(19)22-27-26-20-5-6-21(28-31(20)22)29-11-7-17(8-12-29)23(32)30-13-9-24(10-14-30)33-15-16-34-24/h1-6,17H,7-16H2. The minimum absolute atomic E-state index is 0.0491. The van der Waals surface area contributed by atoms with Gasteiger partial charge in [0.1, 0.15) is 5.82 Å². The summed E-state index contributed by atoms with van der Waals surface area (Å²) in [6.45, 7) is 4.28. The topological polar surface area (TPSA) is 85.1 Å². The Balaban J connectivity index is 1.12. The summed E-state index contributed by atoms with van der Waals surface area (Å²) in [5.41, 5.74) is 1.46. The fraction of sp³-hybridized carbons (Fsp3) is 0.500. The molecule has 178 valence electrons. The first-order chi connectivity index (χ1) is 16.6. The van der Waals surface area contributed by atoms with Gasteiger partial charge in [-0.15, -0.1) is 15.3 Å². The Morgan fingerprint density at radius 2 is 1.71 bits per heavy atom. The third-order valence-corrected chi connectivity index (χ3v) is 7.51. The molecular formula is C24H27ClN6O3. The van der Waals surface area contributed by atoms with E-state index in [0.717, 1.165) is 50.2 Å². The van der Waals surface area contributed by atoms with Crippen LogP contribution < -0.4 is 4.90 Å².